The van der Waals surface area contributed by atoms with Gasteiger partial charge in [-0.25, -0.2) is 8.42 Å². The number of rotatable bonds is 13. The lowest BCUT2D eigenvalue weighted by molar-refractivity contribution is -0.137. The Labute approximate surface area is 216 Å². The molecule has 0 spiro atoms. The number of aromatic hydroxyl groups is 1. The summed E-state index contributed by atoms with van der Waals surface area (Å²) in [4.78, 5) is 12.7. The second-order valence-electron chi connectivity index (χ2n) is 7.42. The summed E-state index contributed by atoms with van der Waals surface area (Å²) in [5.41, 5.74) is -5.76. The predicted molar refractivity (Wildman–Crippen MR) is 130 cm³/mol. The Balaban J connectivity index is 2.55. The molecule has 0 radical (unpaired) electrons. The van der Waals surface area contributed by atoms with Crippen molar-refractivity contribution in [3.8, 4) is 11.9 Å². The monoisotopic (exact) mass is 555 g/mol. The van der Waals surface area contributed by atoms with Gasteiger partial charge in [0.05, 0.1) is 36.9 Å². The third-order valence-corrected chi connectivity index (χ3v) is 6.76. The van der Waals surface area contributed by atoms with Crippen molar-refractivity contribution in [2.45, 2.75) is 17.6 Å². The molecule has 0 saturated carbocycles. The van der Waals surface area contributed by atoms with E-state index in [1.54, 1.807) is 0 Å². The molecule has 0 saturated heterocycles. The number of hydrogen-bond acceptors (Lipinski definition) is 9. The third kappa shape index (κ3) is 6.92. The Morgan fingerprint density at radius 2 is 1.74 bits per heavy atom. The summed E-state index contributed by atoms with van der Waals surface area (Å²) < 4.78 is 73.5. The van der Waals surface area contributed by atoms with E-state index in [4.69, 9.17) is 9.84 Å². The van der Waals surface area contributed by atoms with Crippen LogP contribution in [0.25, 0.3) is 0 Å². The number of benzene rings is 1. The minimum absolute atomic E-state index is 0.00935. The highest BCUT2D eigenvalue weighted by molar-refractivity contribution is 7.89. The zero-order chi connectivity index (χ0) is 28.5. The molecule has 0 fully saturated rings. The van der Waals surface area contributed by atoms with Crippen LogP contribution in [0.15, 0.2) is 69.5 Å². The summed E-state index contributed by atoms with van der Waals surface area (Å²) >= 11 is 0. The molecule has 0 bridgehead atoms. The molecule has 0 amide bonds. The quantitative estimate of drug-likeness (QED) is 0.218. The van der Waals surface area contributed by atoms with Gasteiger partial charge >= 0.3 is 6.18 Å². The van der Waals surface area contributed by atoms with Gasteiger partial charge in [0.15, 0.2) is 5.69 Å². The Kier molecular flexibility index (Phi) is 10.5. The van der Waals surface area contributed by atoms with Gasteiger partial charge in [-0.3, -0.25) is 9.36 Å². The van der Waals surface area contributed by atoms with Gasteiger partial charge in [-0.05, 0) is 24.3 Å². The lowest BCUT2D eigenvalue weighted by atomic mass is 10.1. The van der Waals surface area contributed by atoms with Crippen LogP contribution in [0.3, 0.4) is 0 Å². The smallest absolute Gasteiger partial charge is 0.420 e. The zero-order valence-electron chi connectivity index (χ0n) is 19.9. The molecule has 1 heterocycles. The highest BCUT2D eigenvalue weighted by atomic mass is 32.2. The number of sulfonamides is 1. The van der Waals surface area contributed by atoms with E-state index in [1.807, 2.05) is 0 Å². The molecule has 2 aromatic rings. The number of aromatic nitrogens is 1. The van der Waals surface area contributed by atoms with Crippen molar-refractivity contribution < 1.29 is 36.5 Å². The van der Waals surface area contributed by atoms with Gasteiger partial charge < -0.3 is 14.9 Å². The molecule has 1 aromatic heterocycles. The third-order valence-electron chi connectivity index (χ3n) is 4.91. The van der Waals surface area contributed by atoms with Crippen LogP contribution in [0.2, 0.25) is 0 Å². The lowest BCUT2D eigenvalue weighted by Crippen LogP contribution is -2.31. The van der Waals surface area contributed by atoms with Crippen molar-refractivity contribution in [3.05, 3.63) is 71.1 Å². The molecule has 15 heteroatoms. The normalized spacial score (nSPS) is 12.1. The minimum Gasteiger partial charge on any atom is -0.493 e. The summed E-state index contributed by atoms with van der Waals surface area (Å²) in [6.45, 7) is 5.84. The first-order chi connectivity index (χ1) is 17.9. The highest BCUT2D eigenvalue weighted by Gasteiger charge is 2.41. The van der Waals surface area contributed by atoms with Crippen LogP contribution >= 0.6 is 0 Å². The van der Waals surface area contributed by atoms with Gasteiger partial charge in [0.2, 0.25) is 15.9 Å². The minimum atomic E-state index is -5.25. The fourth-order valence-electron chi connectivity index (χ4n) is 3.20. The molecule has 0 aliphatic heterocycles. The molecule has 0 aliphatic rings. The van der Waals surface area contributed by atoms with Crippen molar-refractivity contribution in [2.75, 3.05) is 32.9 Å². The van der Waals surface area contributed by atoms with Crippen LogP contribution in [0.5, 0.6) is 5.88 Å². The number of halogens is 3. The number of aliphatic hydroxyl groups excluding tert-OH is 1. The Morgan fingerprint density at radius 1 is 1.13 bits per heavy atom. The number of ether oxygens (including phenoxy) is 1. The van der Waals surface area contributed by atoms with Crippen LogP contribution in [0, 0.1) is 11.3 Å². The Bertz CT molecular complexity index is 1390. The van der Waals surface area contributed by atoms with E-state index < -0.39 is 51.0 Å². The van der Waals surface area contributed by atoms with Gasteiger partial charge in [-0.15, -0.1) is 18.3 Å². The largest absolute Gasteiger partial charge is 0.493 e. The number of nitrogens with zero attached hydrogens (tertiary/aromatic N) is 5. The number of hydrogen-bond donors (Lipinski definition) is 2. The second kappa shape index (κ2) is 13.1. The maximum absolute atomic E-state index is 13.8. The maximum atomic E-state index is 13.8. The Hall–Kier alpha value is -3.84. The molecule has 11 nitrogen and oxygen atoms in total. The summed E-state index contributed by atoms with van der Waals surface area (Å²) in [5, 5.41) is 35.3. The molecule has 204 valence electrons. The van der Waals surface area contributed by atoms with Crippen molar-refractivity contribution in [1.29, 1.82) is 5.26 Å². The van der Waals surface area contributed by atoms with Gasteiger partial charge in [0, 0.05) is 13.1 Å². The van der Waals surface area contributed by atoms with E-state index in [9.17, 15) is 36.8 Å². The van der Waals surface area contributed by atoms with Gasteiger partial charge in [-0.2, -0.15) is 27.9 Å². The molecule has 2 N–H and O–H groups in total. The van der Waals surface area contributed by atoms with Gasteiger partial charge in [-0.1, -0.05) is 12.2 Å². The molecule has 0 aliphatic carbocycles. The first kappa shape index (κ1) is 30.4. The first-order valence-corrected chi connectivity index (χ1v) is 12.3. The Morgan fingerprint density at radius 3 is 2.24 bits per heavy atom. The number of pyridine rings is 1. The molecule has 0 unspecified atom stereocenters. The second-order valence-corrected chi connectivity index (χ2v) is 9.36. The van der Waals surface area contributed by atoms with Crippen LogP contribution in [-0.4, -0.2) is 60.4 Å². The van der Waals surface area contributed by atoms with Crippen molar-refractivity contribution in [1.82, 2.24) is 8.87 Å². The van der Waals surface area contributed by atoms with E-state index in [0.29, 0.717) is 4.57 Å². The van der Waals surface area contributed by atoms with Crippen LogP contribution in [0.4, 0.5) is 24.5 Å². The number of azo groups is 1. The van der Waals surface area contributed by atoms with Crippen molar-refractivity contribution >= 4 is 21.4 Å². The van der Waals surface area contributed by atoms with Gasteiger partial charge in [0.1, 0.15) is 17.2 Å². The molecular weight excluding hydrogens is 531 g/mol. The fraction of sp³-hybridized carbons (Fsp3) is 0.304. The number of nitriles is 1. The molecule has 2 rings (SSSR count). The average molecular weight is 556 g/mol. The van der Waals surface area contributed by atoms with E-state index in [0.717, 1.165) is 28.6 Å². The molecule has 38 heavy (non-hydrogen) atoms. The van der Waals surface area contributed by atoms with Crippen LogP contribution < -0.4 is 5.56 Å². The first-order valence-electron chi connectivity index (χ1n) is 10.8. The summed E-state index contributed by atoms with van der Waals surface area (Å²) in [7, 11) is -3.95. The fourth-order valence-corrected chi connectivity index (χ4v) is 4.58. The van der Waals surface area contributed by atoms with E-state index in [1.165, 1.54) is 18.2 Å². The standard InChI is InChI=1S/C23H24F3N5O6S/c1-3-9-30(10-4-2)38(35,36)17-7-5-16(6-8-17)28-29-20-19(23(24,25)26)18(15-27)21(33)31(22(20)34)11-13-37-14-12-32/h3-8,32-33H,1-2,9-14H2. The lowest BCUT2D eigenvalue weighted by Gasteiger charge is -2.19. The average Bonchev–Trinajstić information content (AvgIpc) is 2.87. The van der Waals surface area contributed by atoms with Crippen molar-refractivity contribution in [2.24, 2.45) is 10.2 Å². The number of aliphatic hydroxyl groups is 1. The molecule has 1 aromatic carbocycles. The van der Waals surface area contributed by atoms with E-state index >= 15 is 0 Å². The summed E-state index contributed by atoms with van der Waals surface area (Å²) in [6.07, 6.45) is -2.47. The van der Waals surface area contributed by atoms with Crippen LogP contribution in [0.1, 0.15) is 11.1 Å². The van der Waals surface area contributed by atoms with E-state index in [2.05, 4.69) is 23.4 Å². The van der Waals surface area contributed by atoms with Gasteiger partial charge in [0.25, 0.3) is 5.56 Å². The highest BCUT2D eigenvalue weighted by Crippen LogP contribution is 2.40. The summed E-state index contributed by atoms with van der Waals surface area (Å²) in [6, 6.07) is 5.87. The summed E-state index contributed by atoms with van der Waals surface area (Å²) in [5.74, 6) is -1.23. The molecular formula is C23H24F3N5O6S. The zero-order valence-corrected chi connectivity index (χ0v) is 20.7. The van der Waals surface area contributed by atoms with Crippen LogP contribution in [-0.2, 0) is 27.5 Å². The molecule has 0 atom stereocenters. The number of alkyl halides is 3. The topological polar surface area (TPSA) is 158 Å². The SMILES string of the molecule is C=CCN(CC=C)S(=O)(=O)c1ccc(N=Nc2c(C(F)(F)F)c(C#N)c(O)n(CCOCCO)c2=O)cc1. The van der Waals surface area contributed by atoms with E-state index in [-0.39, 0.29) is 43.5 Å². The predicted octanol–water partition coefficient (Wildman–Crippen LogP) is 3.23. The van der Waals surface area contributed by atoms with Crippen molar-refractivity contribution in [3.63, 3.8) is 0 Å². The maximum Gasteiger partial charge on any atom is 0.420 e.